The third-order valence-corrected chi connectivity index (χ3v) is 5.37. The van der Waals surface area contributed by atoms with Crippen molar-refractivity contribution < 1.29 is 9.59 Å². The summed E-state index contributed by atoms with van der Waals surface area (Å²) in [7, 11) is 0. The summed E-state index contributed by atoms with van der Waals surface area (Å²) in [5.74, 6) is -0.00112. The van der Waals surface area contributed by atoms with Gasteiger partial charge in [0.2, 0.25) is 11.8 Å². The molecule has 0 aliphatic carbocycles. The molecular formula is C23H28N2O2. The number of benzene rings is 2. The maximum absolute atomic E-state index is 12.7. The highest BCUT2D eigenvalue weighted by Crippen LogP contribution is 2.35. The Labute approximate surface area is 161 Å². The first-order valence-electron chi connectivity index (χ1n) is 9.60. The summed E-state index contributed by atoms with van der Waals surface area (Å²) in [6, 6.07) is 14.1. The van der Waals surface area contributed by atoms with Gasteiger partial charge in [0.15, 0.2) is 0 Å². The van der Waals surface area contributed by atoms with E-state index in [2.05, 4.69) is 25.2 Å². The molecule has 2 aromatic carbocycles. The Morgan fingerprint density at radius 1 is 1.11 bits per heavy atom. The largest absolute Gasteiger partial charge is 0.352 e. The summed E-state index contributed by atoms with van der Waals surface area (Å²) in [4.78, 5) is 27.2. The van der Waals surface area contributed by atoms with E-state index in [1.807, 2.05) is 55.1 Å². The van der Waals surface area contributed by atoms with Crippen molar-refractivity contribution in [3.05, 3.63) is 64.7 Å². The normalized spacial score (nSPS) is 16.9. The number of nitrogens with one attached hydrogen (secondary N) is 1. The Morgan fingerprint density at radius 3 is 2.52 bits per heavy atom. The van der Waals surface area contributed by atoms with Crippen molar-refractivity contribution in [1.29, 1.82) is 0 Å². The van der Waals surface area contributed by atoms with Crippen LogP contribution in [0.5, 0.6) is 0 Å². The first-order valence-corrected chi connectivity index (χ1v) is 9.60. The predicted octanol–water partition coefficient (Wildman–Crippen LogP) is 4.10. The van der Waals surface area contributed by atoms with Gasteiger partial charge in [-0.25, -0.2) is 0 Å². The van der Waals surface area contributed by atoms with Gasteiger partial charge in [0.1, 0.15) is 0 Å². The Balaban J connectivity index is 1.72. The van der Waals surface area contributed by atoms with E-state index in [9.17, 15) is 9.59 Å². The van der Waals surface area contributed by atoms with Crippen LogP contribution in [-0.4, -0.2) is 18.4 Å². The highest BCUT2D eigenvalue weighted by atomic mass is 16.2. The minimum atomic E-state index is -0.305. The van der Waals surface area contributed by atoms with E-state index in [-0.39, 0.29) is 24.2 Å². The summed E-state index contributed by atoms with van der Waals surface area (Å²) in [6.45, 7) is 9.27. The second-order valence-electron chi connectivity index (χ2n) is 7.72. The number of para-hydroxylation sites is 1. The molecule has 4 heteroatoms. The molecule has 2 aromatic rings. The number of anilines is 1. The Hall–Kier alpha value is -2.62. The van der Waals surface area contributed by atoms with Crippen LogP contribution in [-0.2, 0) is 16.1 Å². The van der Waals surface area contributed by atoms with Crippen LogP contribution in [0.1, 0.15) is 48.4 Å². The summed E-state index contributed by atoms with van der Waals surface area (Å²) >= 11 is 0. The molecule has 0 aromatic heterocycles. The van der Waals surface area contributed by atoms with Gasteiger partial charge in [-0.15, -0.1) is 0 Å². The van der Waals surface area contributed by atoms with E-state index in [1.54, 1.807) is 0 Å². The molecule has 4 nitrogen and oxygen atoms in total. The predicted molar refractivity (Wildman–Crippen MR) is 109 cm³/mol. The third-order valence-electron chi connectivity index (χ3n) is 5.37. The molecule has 27 heavy (non-hydrogen) atoms. The van der Waals surface area contributed by atoms with Gasteiger partial charge in [0, 0.05) is 25.2 Å². The fourth-order valence-corrected chi connectivity index (χ4v) is 3.75. The average molecular weight is 364 g/mol. The van der Waals surface area contributed by atoms with Crippen LogP contribution in [0.25, 0.3) is 0 Å². The number of hydrogen-bond donors (Lipinski definition) is 1. The zero-order valence-corrected chi connectivity index (χ0v) is 16.6. The molecule has 2 amide bonds. The smallest absolute Gasteiger partial charge is 0.227 e. The monoisotopic (exact) mass is 364 g/mol. The number of hydrogen-bond acceptors (Lipinski definition) is 2. The average Bonchev–Trinajstić information content (AvgIpc) is 3.02. The zero-order valence-electron chi connectivity index (χ0n) is 16.6. The molecule has 3 rings (SSSR count). The summed E-state index contributed by atoms with van der Waals surface area (Å²) in [5, 5.41) is 3.01. The lowest BCUT2D eigenvalue weighted by atomic mass is 9.97. The number of rotatable bonds is 5. The lowest BCUT2D eigenvalue weighted by molar-refractivity contribution is -0.126. The number of carbonyl (C=O) groups is 2. The van der Waals surface area contributed by atoms with E-state index in [0.29, 0.717) is 19.0 Å². The molecule has 1 fully saturated rings. The topological polar surface area (TPSA) is 49.4 Å². The van der Waals surface area contributed by atoms with E-state index in [0.717, 1.165) is 27.9 Å². The number of carbonyl (C=O) groups excluding carboxylic acids is 2. The lowest BCUT2D eigenvalue weighted by Crippen LogP contribution is -2.33. The van der Waals surface area contributed by atoms with Gasteiger partial charge in [-0.2, -0.15) is 0 Å². The van der Waals surface area contributed by atoms with Gasteiger partial charge in [-0.05, 0) is 42.0 Å². The van der Waals surface area contributed by atoms with Crippen LogP contribution in [0.4, 0.5) is 5.69 Å². The van der Waals surface area contributed by atoms with Gasteiger partial charge >= 0.3 is 0 Å². The summed E-state index contributed by atoms with van der Waals surface area (Å²) < 4.78 is 0. The van der Waals surface area contributed by atoms with Crippen LogP contribution in [0.3, 0.4) is 0 Å². The molecule has 0 saturated carbocycles. The lowest BCUT2D eigenvalue weighted by Gasteiger charge is -2.24. The van der Waals surface area contributed by atoms with Gasteiger partial charge in [0.05, 0.1) is 5.92 Å². The van der Waals surface area contributed by atoms with Crippen molar-refractivity contribution in [2.75, 3.05) is 11.4 Å². The van der Waals surface area contributed by atoms with Crippen molar-refractivity contribution in [3.8, 4) is 0 Å². The van der Waals surface area contributed by atoms with Crippen molar-refractivity contribution in [2.24, 2.45) is 5.92 Å². The Kier molecular flexibility index (Phi) is 5.64. The molecular weight excluding hydrogens is 336 g/mol. The number of amides is 2. The molecule has 1 unspecified atom stereocenters. The molecule has 0 spiro atoms. The molecule has 0 bridgehead atoms. The second kappa shape index (κ2) is 7.95. The number of nitrogens with zero attached hydrogens (tertiary/aromatic N) is 1. The van der Waals surface area contributed by atoms with Crippen LogP contribution in [0.15, 0.2) is 42.5 Å². The third kappa shape index (κ3) is 4.05. The fourth-order valence-electron chi connectivity index (χ4n) is 3.75. The van der Waals surface area contributed by atoms with Gasteiger partial charge in [-0.1, -0.05) is 56.3 Å². The maximum atomic E-state index is 12.7. The van der Waals surface area contributed by atoms with E-state index in [4.69, 9.17) is 0 Å². The summed E-state index contributed by atoms with van der Waals surface area (Å²) in [6.07, 6.45) is 0.269. The molecule has 1 aliphatic rings. The standard InChI is InChI=1S/C23H28N2O2/c1-15(2)20-11-7-9-17(4)22(20)25-14-19(12-21(25)26)23(27)24-13-18-10-6-5-8-16(18)3/h5-11,15,19H,12-14H2,1-4H3,(H,24,27). The molecule has 1 N–H and O–H groups in total. The quantitative estimate of drug-likeness (QED) is 0.868. The molecule has 1 aliphatic heterocycles. The van der Waals surface area contributed by atoms with E-state index >= 15 is 0 Å². The van der Waals surface area contributed by atoms with Gasteiger partial charge in [0.25, 0.3) is 0 Å². The molecule has 1 heterocycles. The fraction of sp³-hybridized carbons (Fsp3) is 0.391. The maximum Gasteiger partial charge on any atom is 0.227 e. The van der Waals surface area contributed by atoms with E-state index in [1.165, 1.54) is 0 Å². The first-order chi connectivity index (χ1) is 12.9. The van der Waals surface area contributed by atoms with Crippen LogP contribution in [0.2, 0.25) is 0 Å². The van der Waals surface area contributed by atoms with Crippen LogP contribution < -0.4 is 10.2 Å². The molecule has 1 atom stereocenters. The zero-order chi connectivity index (χ0) is 19.6. The first kappa shape index (κ1) is 19.2. The summed E-state index contributed by atoms with van der Waals surface area (Å²) in [5.41, 5.74) is 5.47. The van der Waals surface area contributed by atoms with Crippen molar-refractivity contribution in [2.45, 2.75) is 46.6 Å². The molecule has 0 radical (unpaired) electrons. The Morgan fingerprint density at radius 2 is 1.81 bits per heavy atom. The SMILES string of the molecule is Cc1ccccc1CNC(=O)C1CC(=O)N(c2c(C)cccc2C(C)C)C1. The minimum absolute atomic E-state index is 0.0299. The van der Waals surface area contributed by atoms with Crippen LogP contribution >= 0.6 is 0 Å². The Bertz CT molecular complexity index is 857. The number of aryl methyl sites for hydroxylation is 2. The highest BCUT2D eigenvalue weighted by Gasteiger charge is 2.36. The van der Waals surface area contributed by atoms with E-state index < -0.39 is 0 Å². The molecule has 1 saturated heterocycles. The van der Waals surface area contributed by atoms with Crippen molar-refractivity contribution in [1.82, 2.24) is 5.32 Å². The van der Waals surface area contributed by atoms with Gasteiger partial charge < -0.3 is 10.2 Å². The molecule has 142 valence electrons. The van der Waals surface area contributed by atoms with Crippen molar-refractivity contribution >= 4 is 17.5 Å². The highest BCUT2D eigenvalue weighted by molar-refractivity contribution is 6.01. The minimum Gasteiger partial charge on any atom is -0.352 e. The van der Waals surface area contributed by atoms with Gasteiger partial charge in [-0.3, -0.25) is 9.59 Å². The van der Waals surface area contributed by atoms with Crippen molar-refractivity contribution in [3.63, 3.8) is 0 Å². The van der Waals surface area contributed by atoms with Crippen LogP contribution in [0, 0.1) is 19.8 Å². The second-order valence-corrected chi connectivity index (χ2v) is 7.72.